The highest BCUT2D eigenvalue weighted by Gasteiger charge is 2.20. The molecular formula is C16H21N3O. The van der Waals surface area contributed by atoms with Gasteiger partial charge in [-0.2, -0.15) is 4.98 Å². The number of nitrogens with zero attached hydrogens (tertiary/aromatic N) is 2. The molecule has 2 aromatic rings. The van der Waals surface area contributed by atoms with Crippen molar-refractivity contribution in [2.75, 3.05) is 0 Å². The zero-order valence-electron chi connectivity index (χ0n) is 11.7. The predicted octanol–water partition coefficient (Wildman–Crippen LogP) is 3.63. The van der Waals surface area contributed by atoms with Crippen molar-refractivity contribution in [1.29, 1.82) is 0 Å². The molecule has 0 saturated heterocycles. The van der Waals surface area contributed by atoms with Gasteiger partial charge in [0.2, 0.25) is 0 Å². The van der Waals surface area contributed by atoms with Crippen LogP contribution in [0.5, 0.6) is 0 Å². The molecule has 0 bridgehead atoms. The first-order valence-corrected chi connectivity index (χ1v) is 7.50. The molecule has 1 fully saturated rings. The molecular weight excluding hydrogens is 250 g/mol. The molecule has 2 N–H and O–H groups in total. The van der Waals surface area contributed by atoms with Crippen LogP contribution in [-0.4, -0.2) is 10.1 Å². The number of hydrogen-bond acceptors (Lipinski definition) is 4. The number of aromatic nitrogens is 2. The molecule has 20 heavy (non-hydrogen) atoms. The van der Waals surface area contributed by atoms with Gasteiger partial charge in [0.05, 0.1) is 0 Å². The summed E-state index contributed by atoms with van der Waals surface area (Å²) in [7, 11) is 0. The van der Waals surface area contributed by atoms with Crippen molar-refractivity contribution in [2.45, 2.75) is 51.0 Å². The lowest BCUT2D eigenvalue weighted by atomic mass is 10.00. The quantitative estimate of drug-likeness (QED) is 0.866. The van der Waals surface area contributed by atoms with E-state index in [0.29, 0.717) is 18.4 Å². The van der Waals surface area contributed by atoms with Crippen molar-refractivity contribution >= 4 is 0 Å². The highest BCUT2D eigenvalue weighted by atomic mass is 16.5. The summed E-state index contributed by atoms with van der Waals surface area (Å²) in [6.45, 7) is 0.553. The first kappa shape index (κ1) is 13.3. The molecule has 1 aliphatic rings. The Morgan fingerprint density at radius 3 is 2.40 bits per heavy atom. The van der Waals surface area contributed by atoms with Gasteiger partial charge < -0.3 is 10.3 Å². The Labute approximate surface area is 119 Å². The van der Waals surface area contributed by atoms with Crippen LogP contribution >= 0.6 is 0 Å². The van der Waals surface area contributed by atoms with Gasteiger partial charge >= 0.3 is 0 Å². The van der Waals surface area contributed by atoms with Crippen LogP contribution in [-0.2, 0) is 6.54 Å². The van der Waals surface area contributed by atoms with Crippen LogP contribution in [0.15, 0.2) is 28.8 Å². The number of benzene rings is 1. The Morgan fingerprint density at radius 1 is 1.05 bits per heavy atom. The Bertz CT molecular complexity index is 539. The molecule has 0 aliphatic heterocycles. The second-order valence-electron chi connectivity index (χ2n) is 5.55. The number of hydrogen-bond donors (Lipinski definition) is 1. The molecule has 0 unspecified atom stereocenters. The Kier molecular flexibility index (Phi) is 4.11. The van der Waals surface area contributed by atoms with Gasteiger partial charge in [-0.3, -0.25) is 0 Å². The molecule has 4 heteroatoms. The Balaban J connectivity index is 1.78. The number of rotatable bonds is 3. The maximum absolute atomic E-state index is 5.60. The lowest BCUT2D eigenvalue weighted by molar-refractivity contribution is 0.410. The van der Waals surface area contributed by atoms with Gasteiger partial charge in [-0.1, -0.05) is 43.0 Å². The van der Waals surface area contributed by atoms with Crippen molar-refractivity contribution in [3.63, 3.8) is 0 Å². The lowest BCUT2D eigenvalue weighted by Crippen LogP contribution is -1.99. The fraction of sp³-hybridized carbons (Fsp3) is 0.500. The normalized spacial score (nSPS) is 17.1. The summed E-state index contributed by atoms with van der Waals surface area (Å²) in [5, 5.41) is 4.19. The van der Waals surface area contributed by atoms with Crippen molar-refractivity contribution in [2.24, 2.45) is 5.73 Å². The van der Waals surface area contributed by atoms with E-state index in [1.54, 1.807) is 0 Å². The summed E-state index contributed by atoms with van der Waals surface area (Å²) in [6, 6.07) is 7.99. The molecule has 106 valence electrons. The van der Waals surface area contributed by atoms with Crippen LogP contribution < -0.4 is 5.73 Å². The van der Waals surface area contributed by atoms with E-state index < -0.39 is 0 Å². The second-order valence-corrected chi connectivity index (χ2v) is 5.55. The van der Waals surface area contributed by atoms with Crippen LogP contribution in [0.3, 0.4) is 0 Å². The molecule has 4 nitrogen and oxygen atoms in total. The molecule has 0 atom stereocenters. The summed E-state index contributed by atoms with van der Waals surface area (Å²) >= 11 is 0. The third-order valence-electron chi connectivity index (χ3n) is 4.10. The van der Waals surface area contributed by atoms with Gasteiger partial charge in [-0.25, -0.2) is 0 Å². The smallest absolute Gasteiger partial charge is 0.257 e. The minimum Gasteiger partial charge on any atom is -0.334 e. The maximum Gasteiger partial charge on any atom is 0.257 e. The van der Waals surface area contributed by atoms with Crippen LogP contribution in [0, 0.1) is 0 Å². The van der Waals surface area contributed by atoms with Gasteiger partial charge in [-0.15, -0.1) is 0 Å². The topological polar surface area (TPSA) is 64.9 Å². The highest BCUT2D eigenvalue weighted by Crippen LogP contribution is 2.31. The molecule has 0 radical (unpaired) electrons. The van der Waals surface area contributed by atoms with Crippen molar-refractivity contribution < 1.29 is 4.52 Å². The highest BCUT2D eigenvalue weighted by molar-refractivity contribution is 5.53. The summed E-state index contributed by atoms with van der Waals surface area (Å²) in [5.41, 5.74) is 7.68. The summed E-state index contributed by atoms with van der Waals surface area (Å²) < 4.78 is 5.43. The zero-order chi connectivity index (χ0) is 13.8. The first-order chi connectivity index (χ1) is 9.86. The SMILES string of the molecule is NCc1ccc(-c2nc(C3CCCCCC3)no2)cc1. The first-order valence-electron chi connectivity index (χ1n) is 7.50. The lowest BCUT2D eigenvalue weighted by Gasteiger charge is -2.07. The van der Waals surface area contributed by atoms with Crippen molar-refractivity contribution in [3.05, 3.63) is 35.7 Å². The monoisotopic (exact) mass is 271 g/mol. The van der Waals surface area contributed by atoms with E-state index in [1.165, 1.54) is 38.5 Å². The molecule has 0 amide bonds. The second kappa shape index (κ2) is 6.18. The van der Waals surface area contributed by atoms with Crippen LogP contribution in [0.25, 0.3) is 11.5 Å². The van der Waals surface area contributed by atoms with E-state index in [9.17, 15) is 0 Å². The molecule has 1 aromatic carbocycles. The molecule has 1 saturated carbocycles. The molecule has 1 aromatic heterocycles. The maximum atomic E-state index is 5.60. The van der Waals surface area contributed by atoms with Crippen LogP contribution in [0.1, 0.15) is 55.8 Å². The molecule has 3 rings (SSSR count). The van der Waals surface area contributed by atoms with Gasteiger partial charge in [0.15, 0.2) is 5.82 Å². The minimum atomic E-state index is 0.471. The van der Waals surface area contributed by atoms with E-state index in [-0.39, 0.29) is 0 Å². The number of nitrogens with two attached hydrogens (primary N) is 1. The van der Waals surface area contributed by atoms with Gasteiger partial charge in [0.1, 0.15) is 0 Å². The van der Waals surface area contributed by atoms with Gasteiger partial charge in [0.25, 0.3) is 5.89 Å². The van der Waals surface area contributed by atoms with Crippen molar-refractivity contribution in [1.82, 2.24) is 10.1 Å². The van der Waals surface area contributed by atoms with Crippen molar-refractivity contribution in [3.8, 4) is 11.5 Å². The van der Waals surface area contributed by atoms with Gasteiger partial charge in [-0.05, 0) is 30.5 Å². The summed E-state index contributed by atoms with van der Waals surface area (Å²) in [6.07, 6.45) is 7.60. The van der Waals surface area contributed by atoms with Crippen LogP contribution in [0.2, 0.25) is 0 Å². The largest absolute Gasteiger partial charge is 0.334 e. The molecule has 0 spiro atoms. The molecule has 1 aliphatic carbocycles. The predicted molar refractivity (Wildman–Crippen MR) is 78.1 cm³/mol. The third kappa shape index (κ3) is 2.90. The summed E-state index contributed by atoms with van der Waals surface area (Å²) in [5.74, 6) is 1.97. The third-order valence-corrected chi connectivity index (χ3v) is 4.10. The Hall–Kier alpha value is -1.68. The fourth-order valence-corrected chi connectivity index (χ4v) is 2.84. The summed E-state index contributed by atoms with van der Waals surface area (Å²) in [4.78, 5) is 4.59. The fourth-order valence-electron chi connectivity index (χ4n) is 2.84. The van der Waals surface area contributed by atoms with E-state index >= 15 is 0 Å². The average Bonchev–Trinajstić information content (AvgIpc) is 2.83. The van der Waals surface area contributed by atoms with E-state index in [4.69, 9.17) is 10.3 Å². The Morgan fingerprint density at radius 2 is 1.75 bits per heavy atom. The van der Waals surface area contributed by atoms with E-state index in [0.717, 1.165) is 17.0 Å². The minimum absolute atomic E-state index is 0.471. The average molecular weight is 271 g/mol. The standard InChI is InChI=1S/C16H21N3O/c17-11-12-7-9-14(10-8-12)16-18-15(19-20-16)13-5-3-1-2-4-6-13/h7-10,13H,1-6,11,17H2. The van der Waals surface area contributed by atoms with Crippen LogP contribution in [0.4, 0.5) is 0 Å². The van der Waals surface area contributed by atoms with Gasteiger partial charge in [0, 0.05) is 18.0 Å². The zero-order valence-corrected chi connectivity index (χ0v) is 11.7. The molecule has 1 heterocycles. The van der Waals surface area contributed by atoms with E-state index in [2.05, 4.69) is 10.1 Å². The van der Waals surface area contributed by atoms with E-state index in [1.807, 2.05) is 24.3 Å².